The molecule has 0 heterocycles. The van der Waals surface area contributed by atoms with Gasteiger partial charge < -0.3 is 4.90 Å². The van der Waals surface area contributed by atoms with Crippen LogP contribution in [0, 0.1) is 0 Å². The van der Waals surface area contributed by atoms with Crippen LogP contribution < -0.4 is 4.90 Å². The summed E-state index contributed by atoms with van der Waals surface area (Å²) in [4.78, 5) is 12.3. The SMILES string of the molecule is O=C(N(Cc1ccccc1)c1ccccc1)C(F)(F)C(F)(F)C(F)(F)F. The Morgan fingerprint density at radius 2 is 1.23 bits per heavy atom. The van der Waals surface area contributed by atoms with E-state index in [1.165, 1.54) is 42.5 Å². The Hall–Kier alpha value is -2.58. The normalized spacial score (nSPS) is 12.7. The zero-order valence-corrected chi connectivity index (χ0v) is 13.0. The van der Waals surface area contributed by atoms with Crippen LogP contribution in [0.3, 0.4) is 0 Å². The summed E-state index contributed by atoms with van der Waals surface area (Å²) in [5.74, 6) is -15.1. The van der Waals surface area contributed by atoms with E-state index in [1.54, 1.807) is 6.07 Å². The van der Waals surface area contributed by atoms with Crippen LogP contribution in [0.4, 0.5) is 36.4 Å². The Balaban J connectivity index is 2.46. The number of amides is 1. The molecule has 0 unspecified atom stereocenters. The van der Waals surface area contributed by atoms with Gasteiger partial charge in [-0.1, -0.05) is 48.5 Å². The smallest absolute Gasteiger partial charge is 0.303 e. The number of benzene rings is 2. The lowest BCUT2D eigenvalue weighted by Crippen LogP contribution is -2.60. The maximum absolute atomic E-state index is 13.9. The second kappa shape index (κ2) is 6.97. The summed E-state index contributed by atoms with van der Waals surface area (Å²) < 4.78 is 91.4. The lowest BCUT2D eigenvalue weighted by molar-refractivity contribution is -0.343. The van der Waals surface area contributed by atoms with Gasteiger partial charge in [-0.05, 0) is 17.7 Å². The molecule has 26 heavy (non-hydrogen) atoms. The fraction of sp³-hybridized carbons (Fsp3) is 0.235. The second-order valence-electron chi connectivity index (χ2n) is 5.36. The molecule has 2 rings (SSSR count). The summed E-state index contributed by atoms with van der Waals surface area (Å²) in [6.45, 7) is -0.604. The van der Waals surface area contributed by atoms with Crippen molar-refractivity contribution in [2.75, 3.05) is 4.90 Å². The van der Waals surface area contributed by atoms with Crippen LogP contribution in [-0.2, 0) is 11.3 Å². The predicted octanol–water partition coefficient (Wildman–Crippen LogP) is 5.05. The van der Waals surface area contributed by atoms with Crippen molar-refractivity contribution < 1.29 is 35.5 Å². The Morgan fingerprint density at radius 3 is 1.69 bits per heavy atom. The highest BCUT2D eigenvalue weighted by molar-refractivity contribution is 5.99. The van der Waals surface area contributed by atoms with Crippen molar-refractivity contribution in [1.29, 1.82) is 0 Å². The van der Waals surface area contributed by atoms with Gasteiger partial charge in [0.05, 0.1) is 6.54 Å². The van der Waals surface area contributed by atoms with Gasteiger partial charge in [-0.25, -0.2) is 0 Å². The molecule has 0 fully saturated rings. The fourth-order valence-corrected chi connectivity index (χ4v) is 2.14. The van der Waals surface area contributed by atoms with Crippen molar-refractivity contribution in [2.45, 2.75) is 24.6 Å². The van der Waals surface area contributed by atoms with E-state index in [0.717, 1.165) is 12.1 Å². The molecule has 1 amide bonds. The third-order valence-corrected chi connectivity index (χ3v) is 3.52. The van der Waals surface area contributed by atoms with Gasteiger partial charge in [0.15, 0.2) is 0 Å². The minimum Gasteiger partial charge on any atom is -0.303 e. The number of hydrogen-bond acceptors (Lipinski definition) is 1. The monoisotopic (exact) mass is 379 g/mol. The summed E-state index contributed by atoms with van der Waals surface area (Å²) >= 11 is 0. The number of anilines is 1. The zero-order chi connectivity index (χ0) is 19.6. The van der Waals surface area contributed by atoms with Crippen molar-refractivity contribution in [1.82, 2.24) is 0 Å². The zero-order valence-electron chi connectivity index (χ0n) is 13.0. The third-order valence-electron chi connectivity index (χ3n) is 3.52. The third kappa shape index (κ3) is 3.66. The molecule has 140 valence electrons. The molecule has 0 spiro atoms. The summed E-state index contributed by atoms with van der Waals surface area (Å²) in [6.07, 6.45) is -6.58. The summed E-state index contributed by atoms with van der Waals surface area (Å²) in [5.41, 5.74) is 0.0369. The van der Waals surface area contributed by atoms with Gasteiger partial charge >= 0.3 is 23.9 Å². The van der Waals surface area contributed by atoms with Crippen LogP contribution in [0.1, 0.15) is 5.56 Å². The first-order chi connectivity index (χ1) is 12.0. The van der Waals surface area contributed by atoms with E-state index >= 15 is 0 Å². The van der Waals surface area contributed by atoms with Crippen molar-refractivity contribution >= 4 is 11.6 Å². The standard InChI is InChI=1S/C17H12F7NO/c18-15(19,16(20,21)17(22,23)24)14(26)25(13-9-5-2-6-10-13)11-12-7-3-1-4-8-12/h1-10H,11H2. The summed E-state index contributed by atoms with van der Waals surface area (Å²) in [7, 11) is 0. The first-order valence-corrected chi connectivity index (χ1v) is 7.22. The van der Waals surface area contributed by atoms with Gasteiger partial charge in [0, 0.05) is 5.69 Å². The predicted molar refractivity (Wildman–Crippen MR) is 80.0 cm³/mol. The van der Waals surface area contributed by atoms with Crippen LogP contribution in [0.5, 0.6) is 0 Å². The Morgan fingerprint density at radius 1 is 0.769 bits per heavy atom. The number of nitrogens with zero attached hydrogens (tertiary/aromatic N) is 1. The molecule has 0 N–H and O–H groups in total. The maximum atomic E-state index is 13.9. The lowest BCUT2D eigenvalue weighted by atomic mass is 10.1. The molecule has 0 atom stereocenters. The van der Waals surface area contributed by atoms with Crippen LogP contribution >= 0.6 is 0 Å². The molecule has 2 aromatic rings. The van der Waals surface area contributed by atoms with Crippen LogP contribution in [0.15, 0.2) is 60.7 Å². The van der Waals surface area contributed by atoms with E-state index in [2.05, 4.69) is 0 Å². The van der Waals surface area contributed by atoms with E-state index in [4.69, 9.17) is 0 Å². The number of carbonyl (C=O) groups is 1. The molecule has 0 aliphatic heterocycles. The van der Waals surface area contributed by atoms with Crippen molar-refractivity contribution in [3.05, 3.63) is 66.2 Å². The lowest BCUT2D eigenvalue weighted by Gasteiger charge is -2.32. The quantitative estimate of drug-likeness (QED) is 0.666. The number of carbonyl (C=O) groups excluding carboxylic acids is 1. The largest absolute Gasteiger partial charge is 0.460 e. The molecule has 0 aliphatic rings. The minimum atomic E-state index is -6.58. The number of para-hydroxylation sites is 1. The second-order valence-corrected chi connectivity index (χ2v) is 5.36. The Bertz CT molecular complexity index is 745. The highest BCUT2D eigenvalue weighted by Crippen LogP contribution is 2.47. The molecule has 0 aromatic heterocycles. The number of alkyl halides is 7. The first kappa shape index (κ1) is 19.7. The highest BCUT2D eigenvalue weighted by Gasteiger charge is 2.77. The van der Waals surface area contributed by atoms with Crippen molar-refractivity contribution in [3.63, 3.8) is 0 Å². The van der Waals surface area contributed by atoms with E-state index in [0.29, 0.717) is 0 Å². The molecule has 0 aliphatic carbocycles. The van der Waals surface area contributed by atoms with Crippen LogP contribution in [-0.4, -0.2) is 23.9 Å². The average Bonchev–Trinajstić information content (AvgIpc) is 2.59. The Labute approximate surface area is 143 Å². The fourth-order valence-electron chi connectivity index (χ4n) is 2.14. The molecule has 2 aromatic carbocycles. The topological polar surface area (TPSA) is 20.3 Å². The highest BCUT2D eigenvalue weighted by atomic mass is 19.4. The summed E-state index contributed by atoms with van der Waals surface area (Å²) in [5, 5.41) is 0. The number of halogens is 7. The van der Waals surface area contributed by atoms with Gasteiger partial charge in [-0.3, -0.25) is 4.79 Å². The van der Waals surface area contributed by atoms with Gasteiger partial charge in [0.25, 0.3) is 0 Å². The number of rotatable bonds is 5. The maximum Gasteiger partial charge on any atom is 0.460 e. The van der Waals surface area contributed by atoms with Crippen LogP contribution in [0.2, 0.25) is 0 Å². The van der Waals surface area contributed by atoms with Gasteiger partial charge in [0.2, 0.25) is 0 Å². The molecule has 0 saturated carbocycles. The summed E-state index contributed by atoms with van der Waals surface area (Å²) in [6, 6.07) is 13.9. The number of hydrogen-bond donors (Lipinski definition) is 0. The first-order valence-electron chi connectivity index (χ1n) is 7.22. The van der Waals surface area contributed by atoms with E-state index in [-0.39, 0.29) is 16.2 Å². The average molecular weight is 379 g/mol. The molecule has 0 saturated heterocycles. The van der Waals surface area contributed by atoms with E-state index in [1.807, 2.05) is 0 Å². The molecule has 9 heteroatoms. The van der Waals surface area contributed by atoms with Crippen molar-refractivity contribution in [2.24, 2.45) is 0 Å². The molecule has 0 bridgehead atoms. The molecular formula is C17H12F7NO. The van der Waals surface area contributed by atoms with Gasteiger partial charge in [-0.15, -0.1) is 0 Å². The van der Waals surface area contributed by atoms with Crippen molar-refractivity contribution in [3.8, 4) is 0 Å². The van der Waals surface area contributed by atoms with Gasteiger partial charge in [0.1, 0.15) is 0 Å². The van der Waals surface area contributed by atoms with E-state index in [9.17, 15) is 35.5 Å². The Kier molecular flexibility index (Phi) is 5.29. The minimum absolute atomic E-state index is 0.203. The van der Waals surface area contributed by atoms with Gasteiger partial charge in [-0.2, -0.15) is 30.7 Å². The van der Waals surface area contributed by atoms with Crippen LogP contribution in [0.25, 0.3) is 0 Å². The molecule has 0 radical (unpaired) electrons. The molecule has 2 nitrogen and oxygen atoms in total. The molecular weight excluding hydrogens is 367 g/mol. The van der Waals surface area contributed by atoms with E-state index < -0.39 is 30.5 Å².